The maximum absolute atomic E-state index is 12.6. The molecule has 0 bridgehead atoms. The van der Waals surface area contributed by atoms with Crippen LogP contribution < -0.4 is 9.80 Å². The normalized spacial score (nSPS) is 20.5. The molecule has 2 aromatic carbocycles. The van der Waals surface area contributed by atoms with Crippen molar-refractivity contribution in [2.75, 3.05) is 36.1 Å². The second-order valence-electron chi connectivity index (χ2n) is 7.42. The molecule has 2 aromatic rings. The molecule has 0 radical (unpaired) electrons. The molecule has 5 nitrogen and oxygen atoms in total. The lowest BCUT2D eigenvalue weighted by Crippen LogP contribution is -2.36. The first-order chi connectivity index (χ1) is 13.1. The van der Waals surface area contributed by atoms with E-state index in [1.54, 1.807) is 9.80 Å². The zero-order chi connectivity index (χ0) is 19.0. The standard InChI is InChI=1S/C22H24N2O3/c1-15-11-23(19-9-5-3-7-17(15)19)21(25)13-27-14-22(26)24-12-16(2)18-8-4-6-10-20(18)24/h3-10,15-16H,11-14H2,1-2H3/t15-,16+. The minimum atomic E-state index is -0.102. The van der Waals surface area contributed by atoms with Gasteiger partial charge in [0.1, 0.15) is 13.2 Å². The zero-order valence-electron chi connectivity index (χ0n) is 15.7. The van der Waals surface area contributed by atoms with E-state index in [-0.39, 0.29) is 25.0 Å². The van der Waals surface area contributed by atoms with Gasteiger partial charge in [0.25, 0.3) is 11.8 Å². The Morgan fingerprint density at radius 3 is 1.67 bits per heavy atom. The molecule has 2 amide bonds. The Bertz CT molecular complexity index is 808. The van der Waals surface area contributed by atoms with Gasteiger partial charge in [-0.25, -0.2) is 0 Å². The molecular formula is C22H24N2O3. The predicted molar refractivity (Wildman–Crippen MR) is 105 cm³/mol. The van der Waals surface area contributed by atoms with Gasteiger partial charge in [-0.2, -0.15) is 0 Å². The van der Waals surface area contributed by atoms with Crippen LogP contribution in [0, 0.1) is 0 Å². The number of anilines is 2. The van der Waals surface area contributed by atoms with Gasteiger partial charge < -0.3 is 14.5 Å². The van der Waals surface area contributed by atoms with Gasteiger partial charge >= 0.3 is 0 Å². The second-order valence-corrected chi connectivity index (χ2v) is 7.42. The van der Waals surface area contributed by atoms with Crippen molar-refractivity contribution in [3.63, 3.8) is 0 Å². The molecule has 0 N–H and O–H groups in total. The minimum absolute atomic E-state index is 0.0855. The summed E-state index contributed by atoms with van der Waals surface area (Å²) in [6.07, 6.45) is 0. The van der Waals surface area contributed by atoms with E-state index in [1.807, 2.05) is 36.4 Å². The number of benzene rings is 2. The molecular weight excluding hydrogens is 340 g/mol. The summed E-state index contributed by atoms with van der Waals surface area (Å²) in [6, 6.07) is 15.9. The second kappa shape index (κ2) is 7.16. The third kappa shape index (κ3) is 3.23. The van der Waals surface area contributed by atoms with Gasteiger partial charge in [0, 0.05) is 36.3 Å². The SMILES string of the molecule is C[C@@H]1CN(C(=O)COCC(=O)N2C[C@H](C)c3ccccc32)c2ccccc21. The molecule has 2 heterocycles. The summed E-state index contributed by atoms with van der Waals surface area (Å²) in [6.45, 7) is 5.37. The monoisotopic (exact) mass is 364 g/mol. The first-order valence-electron chi connectivity index (χ1n) is 9.42. The molecule has 0 saturated carbocycles. The number of nitrogens with zero attached hydrogens (tertiary/aromatic N) is 2. The van der Waals surface area contributed by atoms with Crippen LogP contribution in [0.5, 0.6) is 0 Å². The van der Waals surface area contributed by atoms with Crippen molar-refractivity contribution >= 4 is 23.2 Å². The lowest BCUT2D eigenvalue weighted by Gasteiger charge is -2.19. The van der Waals surface area contributed by atoms with E-state index < -0.39 is 0 Å². The zero-order valence-corrected chi connectivity index (χ0v) is 15.7. The van der Waals surface area contributed by atoms with Gasteiger partial charge in [-0.05, 0) is 23.3 Å². The Morgan fingerprint density at radius 2 is 1.22 bits per heavy atom. The quantitative estimate of drug-likeness (QED) is 0.836. The summed E-state index contributed by atoms with van der Waals surface area (Å²) in [5, 5.41) is 0. The molecule has 0 spiro atoms. The van der Waals surface area contributed by atoms with Gasteiger partial charge in [-0.1, -0.05) is 50.2 Å². The number of amides is 2. The fourth-order valence-corrected chi connectivity index (χ4v) is 4.10. The van der Waals surface area contributed by atoms with Crippen LogP contribution in [-0.4, -0.2) is 38.1 Å². The third-order valence-electron chi connectivity index (χ3n) is 5.48. The third-order valence-corrected chi connectivity index (χ3v) is 5.48. The van der Waals surface area contributed by atoms with E-state index in [9.17, 15) is 9.59 Å². The molecule has 2 aliphatic heterocycles. The lowest BCUT2D eigenvalue weighted by molar-refractivity contribution is -0.128. The number of hydrogen-bond donors (Lipinski definition) is 0. The first-order valence-corrected chi connectivity index (χ1v) is 9.42. The van der Waals surface area contributed by atoms with E-state index in [0.717, 1.165) is 11.4 Å². The predicted octanol–water partition coefficient (Wildman–Crippen LogP) is 3.30. The number of rotatable bonds is 4. The Hall–Kier alpha value is -2.66. The first kappa shape index (κ1) is 17.7. The van der Waals surface area contributed by atoms with Crippen LogP contribution in [0.25, 0.3) is 0 Å². The summed E-state index contributed by atoms with van der Waals surface area (Å²) in [5.74, 6) is 0.424. The van der Waals surface area contributed by atoms with Crippen molar-refractivity contribution in [3.05, 3.63) is 59.7 Å². The van der Waals surface area contributed by atoms with E-state index in [1.165, 1.54) is 11.1 Å². The highest BCUT2D eigenvalue weighted by Crippen LogP contribution is 2.36. The Labute approximate surface area is 159 Å². The summed E-state index contributed by atoms with van der Waals surface area (Å²) in [4.78, 5) is 28.7. The van der Waals surface area contributed by atoms with Crippen molar-refractivity contribution in [2.45, 2.75) is 25.7 Å². The number of carbonyl (C=O) groups is 2. The molecule has 4 rings (SSSR count). The van der Waals surface area contributed by atoms with E-state index in [4.69, 9.17) is 4.74 Å². The average Bonchev–Trinajstić information content (AvgIpc) is 3.20. The fourth-order valence-electron chi connectivity index (χ4n) is 4.10. The fraction of sp³-hybridized carbons (Fsp3) is 0.364. The Kier molecular flexibility index (Phi) is 4.70. The van der Waals surface area contributed by atoms with Crippen LogP contribution in [0.4, 0.5) is 11.4 Å². The van der Waals surface area contributed by atoms with Crippen LogP contribution in [0.1, 0.15) is 36.8 Å². The van der Waals surface area contributed by atoms with Gasteiger partial charge in [0.15, 0.2) is 0 Å². The minimum Gasteiger partial charge on any atom is -0.362 e. The lowest BCUT2D eigenvalue weighted by atomic mass is 10.0. The van der Waals surface area contributed by atoms with Gasteiger partial charge in [-0.3, -0.25) is 9.59 Å². The number of ether oxygens (including phenoxy) is 1. The highest BCUT2D eigenvalue weighted by Gasteiger charge is 2.31. The van der Waals surface area contributed by atoms with Gasteiger partial charge in [0.2, 0.25) is 0 Å². The molecule has 2 atom stereocenters. The number of para-hydroxylation sites is 2. The number of fused-ring (bicyclic) bond motifs is 2. The van der Waals surface area contributed by atoms with Crippen LogP contribution in [0.15, 0.2) is 48.5 Å². The summed E-state index contributed by atoms with van der Waals surface area (Å²) >= 11 is 0. The van der Waals surface area contributed by atoms with Gasteiger partial charge in [0.05, 0.1) is 0 Å². The molecule has 2 aliphatic rings. The van der Waals surface area contributed by atoms with Crippen molar-refractivity contribution < 1.29 is 14.3 Å². The Balaban J connectivity index is 1.34. The highest BCUT2D eigenvalue weighted by atomic mass is 16.5. The highest BCUT2D eigenvalue weighted by molar-refractivity contribution is 5.98. The topological polar surface area (TPSA) is 49.9 Å². The van der Waals surface area contributed by atoms with Crippen molar-refractivity contribution in [3.8, 4) is 0 Å². The van der Waals surface area contributed by atoms with Gasteiger partial charge in [-0.15, -0.1) is 0 Å². The summed E-state index contributed by atoms with van der Waals surface area (Å²) in [5.41, 5.74) is 4.27. The van der Waals surface area contributed by atoms with Crippen molar-refractivity contribution in [1.29, 1.82) is 0 Å². The van der Waals surface area contributed by atoms with E-state index in [0.29, 0.717) is 24.9 Å². The number of carbonyl (C=O) groups excluding carboxylic acids is 2. The summed E-state index contributed by atoms with van der Waals surface area (Å²) < 4.78 is 5.50. The van der Waals surface area contributed by atoms with Crippen LogP contribution in [-0.2, 0) is 14.3 Å². The molecule has 27 heavy (non-hydrogen) atoms. The smallest absolute Gasteiger partial charge is 0.253 e. The molecule has 140 valence electrons. The molecule has 5 heteroatoms. The Morgan fingerprint density at radius 1 is 0.815 bits per heavy atom. The molecule has 0 fully saturated rings. The number of hydrogen-bond acceptors (Lipinski definition) is 3. The summed E-state index contributed by atoms with van der Waals surface area (Å²) in [7, 11) is 0. The van der Waals surface area contributed by atoms with Crippen molar-refractivity contribution in [1.82, 2.24) is 0 Å². The van der Waals surface area contributed by atoms with E-state index >= 15 is 0 Å². The maximum atomic E-state index is 12.6. The van der Waals surface area contributed by atoms with Crippen molar-refractivity contribution in [2.24, 2.45) is 0 Å². The molecule has 0 unspecified atom stereocenters. The molecule has 0 saturated heterocycles. The maximum Gasteiger partial charge on any atom is 0.253 e. The van der Waals surface area contributed by atoms with Crippen LogP contribution >= 0.6 is 0 Å². The van der Waals surface area contributed by atoms with Crippen LogP contribution in [0.3, 0.4) is 0 Å². The van der Waals surface area contributed by atoms with E-state index in [2.05, 4.69) is 26.0 Å². The van der Waals surface area contributed by atoms with Crippen LogP contribution in [0.2, 0.25) is 0 Å². The molecule has 0 aliphatic carbocycles. The average molecular weight is 364 g/mol. The largest absolute Gasteiger partial charge is 0.362 e. The molecule has 0 aromatic heterocycles.